The third kappa shape index (κ3) is 3.21. The normalized spacial score (nSPS) is 18.3. The molecule has 1 atom stereocenters. The molecule has 1 aromatic carbocycles. The van der Waals surface area contributed by atoms with Crippen molar-refractivity contribution in [2.75, 3.05) is 13.2 Å². The number of benzene rings is 1. The molecule has 1 aromatic rings. The van der Waals surface area contributed by atoms with E-state index in [1.165, 1.54) is 0 Å². The van der Waals surface area contributed by atoms with Crippen molar-refractivity contribution < 1.29 is 24.5 Å². The second kappa shape index (κ2) is 5.84. The van der Waals surface area contributed by atoms with Crippen molar-refractivity contribution in [1.29, 1.82) is 0 Å². The van der Waals surface area contributed by atoms with E-state index < -0.39 is 12.1 Å². The molecule has 0 aliphatic carbocycles. The van der Waals surface area contributed by atoms with Crippen LogP contribution in [0, 0.1) is 0 Å². The number of rotatable bonds is 4. The Balaban J connectivity index is 2.04. The van der Waals surface area contributed by atoms with Crippen LogP contribution in [0.1, 0.15) is 24.5 Å². The fraction of sp³-hybridized carbons (Fsp3) is 0.462. The zero-order chi connectivity index (χ0) is 13.0. The van der Waals surface area contributed by atoms with E-state index in [2.05, 4.69) is 0 Å². The molecule has 1 aliphatic rings. The second-order valence-electron chi connectivity index (χ2n) is 4.24. The lowest BCUT2D eigenvalue weighted by molar-refractivity contribution is -0.146. The average molecular weight is 252 g/mol. The molecule has 1 fully saturated rings. The third-order valence-electron chi connectivity index (χ3n) is 2.88. The van der Waals surface area contributed by atoms with Crippen molar-refractivity contribution in [1.82, 2.24) is 0 Å². The zero-order valence-electron chi connectivity index (χ0n) is 9.91. The van der Waals surface area contributed by atoms with Crippen molar-refractivity contribution in [2.45, 2.75) is 25.0 Å². The SMILES string of the molecule is O=C(O)C(O)c1cccc(OC2CCOCC2)c1. The van der Waals surface area contributed by atoms with E-state index in [9.17, 15) is 9.90 Å². The second-order valence-corrected chi connectivity index (χ2v) is 4.24. The van der Waals surface area contributed by atoms with Gasteiger partial charge in [0, 0.05) is 12.8 Å². The number of carbonyl (C=O) groups is 1. The van der Waals surface area contributed by atoms with Gasteiger partial charge in [0.2, 0.25) is 0 Å². The molecule has 0 amide bonds. The van der Waals surface area contributed by atoms with Crippen molar-refractivity contribution in [3.05, 3.63) is 29.8 Å². The number of aliphatic carboxylic acids is 1. The minimum Gasteiger partial charge on any atom is -0.490 e. The van der Waals surface area contributed by atoms with Gasteiger partial charge in [0.1, 0.15) is 11.9 Å². The summed E-state index contributed by atoms with van der Waals surface area (Å²) in [6.45, 7) is 1.37. The quantitative estimate of drug-likeness (QED) is 0.846. The Hall–Kier alpha value is -1.59. The maximum atomic E-state index is 10.7. The summed E-state index contributed by atoms with van der Waals surface area (Å²) in [5, 5.41) is 18.2. The fourth-order valence-electron chi connectivity index (χ4n) is 1.89. The number of hydrogen-bond acceptors (Lipinski definition) is 4. The molecule has 0 bridgehead atoms. The summed E-state index contributed by atoms with van der Waals surface area (Å²) >= 11 is 0. The number of hydrogen-bond donors (Lipinski definition) is 2. The molecule has 98 valence electrons. The lowest BCUT2D eigenvalue weighted by Crippen LogP contribution is -2.25. The number of aliphatic hydroxyl groups excluding tert-OH is 1. The van der Waals surface area contributed by atoms with Gasteiger partial charge in [-0.25, -0.2) is 4.79 Å². The Labute approximate surface area is 105 Å². The van der Waals surface area contributed by atoms with Crippen LogP contribution in [0.4, 0.5) is 0 Å². The first kappa shape index (κ1) is 12.9. The molecule has 5 nitrogen and oxygen atoms in total. The Bertz CT molecular complexity index is 412. The van der Waals surface area contributed by atoms with Gasteiger partial charge in [-0.2, -0.15) is 0 Å². The molecule has 1 saturated heterocycles. The molecule has 2 N–H and O–H groups in total. The van der Waals surface area contributed by atoms with Crippen LogP contribution in [0.25, 0.3) is 0 Å². The molecule has 0 spiro atoms. The molecular weight excluding hydrogens is 236 g/mol. The van der Waals surface area contributed by atoms with Crippen LogP contribution < -0.4 is 4.74 Å². The molecule has 0 aromatic heterocycles. The molecule has 18 heavy (non-hydrogen) atoms. The third-order valence-corrected chi connectivity index (χ3v) is 2.88. The summed E-state index contributed by atoms with van der Waals surface area (Å²) in [5.41, 5.74) is 0.326. The summed E-state index contributed by atoms with van der Waals surface area (Å²) in [6.07, 6.45) is 0.233. The number of carboxylic acid groups (broad SMARTS) is 1. The maximum Gasteiger partial charge on any atom is 0.337 e. The Kier molecular flexibility index (Phi) is 4.17. The fourth-order valence-corrected chi connectivity index (χ4v) is 1.89. The van der Waals surface area contributed by atoms with E-state index in [-0.39, 0.29) is 6.10 Å². The van der Waals surface area contributed by atoms with E-state index in [0.29, 0.717) is 24.5 Å². The van der Waals surface area contributed by atoms with Crippen molar-refractivity contribution >= 4 is 5.97 Å². The largest absolute Gasteiger partial charge is 0.490 e. The van der Waals surface area contributed by atoms with Gasteiger partial charge >= 0.3 is 5.97 Å². The van der Waals surface area contributed by atoms with Gasteiger partial charge in [0.05, 0.1) is 13.2 Å². The zero-order valence-corrected chi connectivity index (χ0v) is 9.91. The lowest BCUT2D eigenvalue weighted by atomic mass is 10.1. The van der Waals surface area contributed by atoms with Gasteiger partial charge in [-0.1, -0.05) is 12.1 Å². The van der Waals surface area contributed by atoms with E-state index in [1.807, 2.05) is 0 Å². The molecule has 1 heterocycles. The minimum atomic E-state index is -1.51. The van der Waals surface area contributed by atoms with Crippen LogP contribution >= 0.6 is 0 Å². The first-order valence-electron chi connectivity index (χ1n) is 5.92. The highest BCUT2D eigenvalue weighted by Gasteiger charge is 2.18. The number of carboxylic acids is 1. The van der Waals surface area contributed by atoms with Gasteiger partial charge in [-0.05, 0) is 17.7 Å². The molecule has 1 aliphatic heterocycles. The Morgan fingerprint density at radius 1 is 1.39 bits per heavy atom. The van der Waals surface area contributed by atoms with Crippen LogP contribution in [0.2, 0.25) is 0 Å². The molecule has 2 rings (SSSR count). The topological polar surface area (TPSA) is 76.0 Å². The highest BCUT2D eigenvalue weighted by molar-refractivity contribution is 5.74. The van der Waals surface area contributed by atoms with Crippen LogP contribution in [0.5, 0.6) is 5.75 Å². The predicted octanol–water partition coefficient (Wildman–Crippen LogP) is 1.36. The molecule has 1 unspecified atom stereocenters. The van der Waals surface area contributed by atoms with Crippen molar-refractivity contribution in [3.63, 3.8) is 0 Å². The van der Waals surface area contributed by atoms with Gasteiger partial charge in [-0.15, -0.1) is 0 Å². The standard InChI is InChI=1S/C13H16O5/c14-12(13(15)16)9-2-1-3-11(8-9)18-10-4-6-17-7-5-10/h1-3,8,10,12,14H,4-7H2,(H,15,16). The lowest BCUT2D eigenvalue weighted by Gasteiger charge is -2.23. The summed E-state index contributed by atoms with van der Waals surface area (Å²) in [6, 6.07) is 6.56. The summed E-state index contributed by atoms with van der Waals surface area (Å²) in [5.74, 6) is -0.682. The highest BCUT2D eigenvalue weighted by atomic mass is 16.5. The maximum absolute atomic E-state index is 10.7. The van der Waals surface area contributed by atoms with Gasteiger partial charge in [0.25, 0.3) is 0 Å². The van der Waals surface area contributed by atoms with Crippen molar-refractivity contribution in [2.24, 2.45) is 0 Å². The molecule has 0 radical (unpaired) electrons. The molecule has 5 heteroatoms. The minimum absolute atomic E-state index is 0.0935. The Morgan fingerprint density at radius 2 is 2.11 bits per heavy atom. The first-order valence-corrected chi connectivity index (χ1v) is 5.92. The van der Waals surface area contributed by atoms with E-state index in [4.69, 9.17) is 14.6 Å². The van der Waals surface area contributed by atoms with E-state index in [1.54, 1.807) is 24.3 Å². The smallest absolute Gasteiger partial charge is 0.337 e. The summed E-state index contributed by atoms with van der Waals surface area (Å²) < 4.78 is 11.0. The molecule has 0 saturated carbocycles. The van der Waals surface area contributed by atoms with Crippen LogP contribution in [-0.4, -0.2) is 35.5 Å². The van der Waals surface area contributed by atoms with E-state index >= 15 is 0 Å². The highest BCUT2D eigenvalue weighted by Crippen LogP contribution is 2.22. The first-order chi connectivity index (χ1) is 8.66. The van der Waals surface area contributed by atoms with Crippen molar-refractivity contribution in [3.8, 4) is 5.75 Å². The van der Waals surface area contributed by atoms with E-state index in [0.717, 1.165) is 12.8 Å². The Morgan fingerprint density at radius 3 is 2.78 bits per heavy atom. The van der Waals surface area contributed by atoms with Crippen LogP contribution in [0.15, 0.2) is 24.3 Å². The summed E-state index contributed by atoms with van der Waals surface area (Å²) in [7, 11) is 0. The van der Waals surface area contributed by atoms with Crippen LogP contribution in [-0.2, 0) is 9.53 Å². The monoisotopic (exact) mass is 252 g/mol. The number of ether oxygens (including phenoxy) is 2. The van der Waals surface area contributed by atoms with Gasteiger partial charge < -0.3 is 19.7 Å². The predicted molar refractivity (Wildman–Crippen MR) is 63.5 cm³/mol. The summed E-state index contributed by atoms with van der Waals surface area (Å²) in [4.78, 5) is 10.7. The number of aliphatic hydroxyl groups is 1. The van der Waals surface area contributed by atoms with Crippen LogP contribution in [0.3, 0.4) is 0 Å². The van der Waals surface area contributed by atoms with Gasteiger partial charge in [0.15, 0.2) is 6.10 Å². The molecular formula is C13H16O5. The van der Waals surface area contributed by atoms with Gasteiger partial charge in [-0.3, -0.25) is 0 Å². The average Bonchev–Trinajstić information content (AvgIpc) is 2.39.